The third-order valence-corrected chi connectivity index (χ3v) is 7.17. The van der Waals surface area contributed by atoms with E-state index in [2.05, 4.69) is 39.0 Å². The second kappa shape index (κ2) is 8.22. The lowest BCUT2D eigenvalue weighted by Gasteiger charge is -2.29. The zero-order valence-electron chi connectivity index (χ0n) is 18.0. The molecule has 2 N–H and O–H groups in total. The van der Waals surface area contributed by atoms with Crippen LogP contribution in [-0.4, -0.2) is 80.3 Å². The Labute approximate surface area is 183 Å². The molecular formula is C24H30N4O3. The lowest BCUT2D eigenvalue weighted by molar-refractivity contribution is 0.0338. The molecule has 1 aromatic carbocycles. The number of morpholine rings is 1. The van der Waals surface area contributed by atoms with E-state index in [1.807, 2.05) is 0 Å². The number of benzene rings is 1. The SMILES string of the molecule is COC(=O)c1cc(-c2ccc([C@@]34C[C@@H]3CN(CCN3CCOCC3)C4)cc2)cnc1N. The number of hydrogen-bond donors (Lipinski definition) is 1. The van der Waals surface area contributed by atoms with E-state index < -0.39 is 5.97 Å². The summed E-state index contributed by atoms with van der Waals surface area (Å²) in [6.07, 6.45) is 2.99. The van der Waals surface area contributed by atoms with Crippen molar-refractivity contribution in [1.82, 2.24) is 14.8 Å². The highest BCUT2D eigenvalue weighted by atomic mass is 16.5. The predicted molar refractivity (Wildman–Crippen MR) is 119 cm³/mol. The van der Waals surface area contributed by atoms with Crippen molar-refractivity contribution in [2.45, 2.75) is 11.8 Å². The standard InChI is InChI=1S/C24H30N4O3/c1-30-23(29)21-12-18(14-26-22(21)25)17-2-4-19(5-3-17)24-13-20(24)15-28(16-24)7-6-27-8-10-31-11-9-27/h2-5,12,14,20H,6-11,13,15-16H2,1H3,(H2,25,26)/t20-,24+/m1/s1. The fourth-order valence-corrected chi connectivity index (χ4v) is 5.21. The van der Waals surface area contributed by atoms with Gasteiger partial charge in [0.15, 0.2) is 0 Å². The predicted octanol–water partition coefficient (Wildman–Crippen LogP) is 2.02. The maximum absolute atomic E-state index is 11.9. The van der Waals surface area contributed by atoms with Gasteiger partial charge in [0.25, 0.3) is 0 Å². The number of fused-ring (bicyclic) bond motifs is 1. The number of piperidine rings is 1. The van der Waals surface area contributed by atoms with Gasteiger partial charge in [-0.05, 0) is 29.5 Å². The molecule has 3 aliphatic rings. The molecule has 2 atom stereocenters. The number of nitrogens with zero attached hydrogens (tertiary/aromatic N) is 3. The smallest absolute Gasteiger partial charge is 0.341 e. The van der Waals surface area contributed by atoms with Gasteiger partial charge in [-0.25, -0.2) is 9.78 Å². The third kappa shape index (κ3) is 3.93. The summed E-state index contributed by atoms with van der Waals surface area (Å²) in [4.78, 5) is 21.2. The molecule has 0 amide bonds. The Morgan fingerprint density at radius 3 is 2.68 bits per heavy atom. The summed E-state index contributed by atoms with van der Waals surface area (Å²) in [6, 6.07) is 10.5. The van der Waals surface area contributed by atoms with E-state index in [0.29, 0.717) is 11.0 Å². The fraction of sp³-hybridized carbons (Fsp3) is 0.500. The van der Waals surface area contributed by atoms with Crippen molar-refractivity contribution in [2.75, 3.05) is 65.3 Å². The van der Waals surface area contributed by atoms with E-state index in [1.54, 1.807) is 12.3 Å². The molecule has 1 aliphatic carbocycles. The second-order valence-electron chi connectivity index (χ2n) is 8.97. The number of ether oxygens (including phenoxy) is 2. The first-order valence-electron chi connectivity index (χ1n) is 11.1. The Morgan fingerprint density at radius 1 is 1.19 bits per heavy atom. The minimum atomic E-state index is -0.466. The highest BCUT2D eigenvalue weighted by Gasteiger charge is 2.60. The molecule has 2 aliphatic heterocycles. The van der Waals surface area contributed by atoms with E-state index in [1.165, 1.54) is 25.6 Å². The van der Waals surface area contributed by atoms with Crippen LogP contribution in [0.1, 0.15) is 22.3 Å². The Kier molecular flexibility index (Phi) is 5.42. The molecule has 0 radical (unpaired) electrons. The molecule has 7 nitrogen and oxygen atoms in total. The van der Waals surface area contributed by atoms with E-state index in [-0.39, 0.29) is 5.82 Å². The molecule has 3 heterocycles. The minimum absolute atomic E-state index is 0.190. The molecular weight excluding hydrogens is 392 g/mol. The highest BCUT2D eigenvalue weighted by molar-refractivity contribution is 5.95. The first-order valence-corrected chi connectivity index (χ1v) is 11.1. The molecule has 164 valence electrons. The summed E-state index contributed by atoms with van der Waals surface area (Å²) in [5.74, 6) is 0.494. The summed E-state index contributed by atoms with van der Waals surface area (Å²) in [6.45, 7) is 8.48. The molecule has 3 fully saturated rings. The lowest BCUT2D eigenvalue weighted by atomic mass is 9.93. The van der Waals surface area contributed by atoms with Gasteiger partial charge >= 0.3 is 5.97 Å². The van der Waals surface area contributed by atoms with Crippen LogP contribution in [0, 0.1) is 5.92 Å². The summed E-state index contributed by atoms with van der Waals surface area (Å²) in [7, 11) is 1.35. The number of nitrogens with two attached hydrogens (primary N) is 1. The number of esters is 1. The highest BCUT2D eigenvalue weighted by Crippen LogP contribution is 2.59. The number of aromatic nitrogens is 1. The van der Waals surface area contributed by atoms with Crippen LogP contribution in [0.3, 0.4) is 0 Å². The maximum Gasteiger partial charge on any atom is 0.341 e. The van der Waals surface area contributed by atoms with Gasteiger partial charge in [-0.15, -0.1) is 0 Å². The Morgan fingerprint density at radius 2 is 1.94 bits per heavy atom. The molecule has 1 aromatic heterocycles. The molecule has 1 saturated carbocycles. The number of carbonyl (C=O) groups is 1. The largest absolute Gasteiger partial charge is 0.465 e. The molecule has 2 saturated heterocycles. The van der Waals surface area contributed by atoms with Crippen LogP contribution < -0.4 is 5.73 Å². The Balaban J connectivity index is 1.25. The van der Waals surface area contributed by atoms with Gasteiger partial charge in [-0.2, -0.15) is 0 Å². The van der Waals surface area contributed by atoms with E-state index >= 15 is 0 Å². The number of hydrogen-bond acceptors (Lipinski definition) is 7. The first-order chi connectivity index (χ1) is 15.1. The number of rotatable bonds is 6. The number of anilines is 1. The number of carbonyl (C=O) groups excluding carboxylic acids is 1. The average Bonchev–Trinajstić information content (AvgIpc) is 3.39. The zero-order chi connectivity index (χ0) is 21.4. The van der Waals surface area contributed by atoms with Gasteiger partial charge in [0, 0.05) is 56.4 Å². The van der Waals surface area contributed by atoms with Crippen LogP contribution in [0.5, 0.6) is 0 Å². The molecule has 0 bridgehead atoms. The van der Waals surface area contributed by atoms with Crippen LogP contribution in [0.2, 0.25) is 0 Å². The van der Waals surface area contributed by atoms with Crippen molar-refractivity contribution in [2.24, 2.45) is 5.92 Å². The minimum Gasteiger partial charge on any atom is -0.465 e. The van der Waals surface area contributed by atoms with E-state index in [4.69, 9.17) is 15.2 Å². The van der Waals surface area contributed by atoms with Crippen LogP contribution in [0.4, 0.5) is 5.82 Å². The molecule has 31 heavy (non-hydrogen) atoms. The van der Waals surface area contributed by atoms with Gasteiger partial charge < -0.3 is 20.1 Å². The normalized spacial score (nSPS) is 25.9. The topological polar surface area (TPSA) is 80.9 Å². The van der Waals surface area contributed by atoms with Crippen LogP contribution in [0.15, 0.2) is 36.5 Å². The van der Waals surface area contributed by atoms with Gasteiger partial charge in [-0.1, -0.05) is 24.3 Å². The molecule has 0 unspecified atom stereocenters. The molecule has 0 spiro atoms. The number of likely N-dealkylation sites (tertiary alicyclic amines) is 1. The van der Waals surface area contributed by atoms with E-state index in [9.17, 15) is 4.79 Å². The monoisotopic (exact) mass is 422 g/mol. The van der Waals surface area contributed by atoms with Crippen molar-refractivity contribution < 1.29 is 14.3 Å². The summed E-state index contributed by atoms with van der Waals surface area (Å²) >= 11 is 0. The zero-order valence-corrected chi connectivity index (χ0v) is 18.0. The Hall–Kier alpha value is -2.48. The van der Waals surface area contributed by atoms with Crippen molar-refractivity contribution in [3.8, 4) is 11.1 Å². The quantitative estimate of drug-likeness (QED) is 0.714. The fourth-order valence-electron chi connectivity index (χ4n) is 5.21. The van der Waals surface area contributed by atoms with Gasteiger partial charge in [0.1, 0.15) is 11.4 Å². The van der Waals surface area contributed by atoms with Crippen molar-refractivity contribution >= 4 is 11.8 Å². The Bertz CT molecular complexity index is 958. The summed E-state index contributed by atoms with van der Waals surface area (Å²) < 4.78 is 10.3. The lowest BCUT2D eigenvalue weighted by Crippen LogP contribution is -2.41. The van der Waals surface area contributed by atoms with Crippen LogP contribution >= 0.6 is 0 Å². The van der Waals surface area contributed by atoms with Crippen molar-refractivity contribution in [3.63, 3.8) is 0 Å². The van der Waals surface area contributed by atoms with E-state index in [0.717, 1.165) is 63.0 Å². The van der Waals surface area contributed by atoms with Gasteiger partial charge in [0.05, 0.1) is 20.3 Å². The molecule has 7 heteroatoms. The number of pyridine rings is 1. The molecule has 2 aromatic rings. The second-order valence-corrected chi connectivity index (χ2v) is 8.97. The first kappa shape index (κ1) is 20.4. The van der Waals surface area contributed by atoms with Gasteiger partial charge in [-0.3, -0.25) is 4.90 Å². The van der Waals surface area contributed by atoms with Crippen molar-refractivity contribution in [1.29, 1.82) is 0 Å². The summed E-state index contributed by atoms with van der Waals surface area (Å²) in [5, 5.41) is 0. The third-order valence-electron chi connectivity index (χ3n) is 7.17. The van der Waals surface area contributed by atoms with Crippen LogP contribution in [-0.2, 0) is 14.9 Å². The maximum atomic E-state index is 11.9. The van der Waals surface area contributed by atoms with Gasteiger partial charge in [0.2, 0.25) is 0 Å². The summed E-state index contributed by atoms with van der Waals surface area (Å²) in [5.41, 5.74) is 9.77. The van der Waals surface area contributed by atoms with Crippen LogP contribution in [0.25, 0.3) is 11.1 Å². The number of methoxy groups -OCH3 is 1. The number of nitrogen functional groups attached to an aromatic ring is 1. The van der Waals surface area contributed by atoms with Crippen molar-refractivity contribution in [3.05, 3.63) is 47.7 Å². The average molecular weight is 423 g/mol. The molecule has 5 rings (SSSR count).